The van der Waals surface area contributed by atoms with Crippen molar-refractivity contribution in [3.63, 3.8) is 0 Å². The Labute approximate surface area is 128 Å². The van der Waals surface area contributed by atoms with Crippen LogP contribution in [0, 0.1) is 18.2 Å². The van der Waals surface area contributed by atoms with Crippen LogP contribution in [0.1, 0.15) is 11.3 Å². The number of aryl methyl sites for hydroxylation is 1. The van der Waals surface area contributed by atoms with Crippen molar-refractivity contribution >= 4 is 0 Å². The number of terminal acetylenes is 1. The van der Waals surface area contributed by atoms with Crippen molar-refractivity contribution in [1.29, 1.82) is 0 Å². The summed E-state index contributed by atoms with van der Waals surface area (Å²) >= 11 is 0. The minimum Gasteiger partial charge on any atom is -0.503 e. The molecule has 0 spiro atoms. The number of halogens is 1. The number of aromatic hydroxyl groups is 1. The molecule has 0 saturated carbocycles. The molecule has 114 valence electrons. The summed E-state index contributed by atoms with van der Waals surface area (Å²) in [5.41, 5.74) is 1.25. The first-order chi connectivity index (χ1) is 10.5. The number of benzene rings is 1. The third-order valence-electron chi connectivity index (χ3n) is 3.34. The molecule has 0 aliphatic carbocycles. The molecular weight excluding hydrogens is 283 g/mol. The summed E-state index contributed by atoms with van der Waals surface area (Å²) in [6, 6.07) is 7.60. The Morgan fingerprint density at radius 1 is 1.32 bits per heavy atom. The Morgan fingerprint density at radius 2 is 2.00 bits per heavy atom. The molecule has 0 atom stereocenters. The van der Waals surface area contributed by atoms with Crippen molar-refractivity contribution < 1.29 is 9.50 Å². The van der Waals surface area contributed by atoms with Crippen LogP contribution >= 0.6 is 0 Å². The third-order valence-corrected chi connectivity index (χ3v) is 3.34. The smallest absolute Gasteiger partial charge is 0.223 e. The van der Waals surface area contributed by atoms with Crippen molar-refractivity contribution in [2.75, 3.05) is 6.54 Å². The van der Waals surface area contributed by atoms with Gasteiger partial charge in [-0.1, -0.05) is 18.1 Å². The predicted octanol–water partition coefficient (Wildman–Crippen LogP) is 1.87. The second-order valence-corrected chi connectivity index (χ2v) is 5.10. The lowest BCUT2D eigenvalue weighted by atomic mass is 10.2. The van der Waals surface area contributed by atoms with Gasteiger partial charge in [0, 0.05) is 38.1 Å². The fourth-order valence-corrected chi connectivity index (χ4v) is 2.19. The summed E-state index contributed by atoms with van der Waals surface area (Å²) in [5, 5.41) is 9.41. The average Bonchev–Trinajstić information content (AvgIpc) is 2.47. The quantitative estimate of drug-likeness (QED) is 0.857. The molecule has 0 bridgehead atoms. The fourth-order valence-electron chi connectivity index (χ4n) is 2.19. The van der Waals surface area contributed by atoms with Gasteiger partial charge in [0.25, 0.3) is 0 Å². The molecule has 0 unspecified atom stereocenters. The van der Waals surface area contributed by atoms with Gasteiger partial charge in [-0.05, 0) is 17.7 Å². The van der Waals surface area contributed by atoms with Crippen LogP contribution in [0.15, 0.2) is 41.3 Å². The molecule has 0 fully saturated rings. The van der Waals surface area contributed by atoms with Crippen molar-refractivity contribution in [1.82, 2.24) is 9.47 Å². The summed E-state index contributed by atoms with van der Waals surface area (Å²) in [6.07, 6.45) is 6.77. The Balaban J connectivity index is 2.18. The number of aromatic nitrogens is 1. The largest absolute Gasteiger partial charge is 0.503 e. The van der Waals surface area contributed by atoms with E-state index in [9.17, 15) is 14.3 Å². The fraction of sp³-hybridized carbons (Fsp3) is 0.235. The molecule has 5 heteroatoms. The van der Waals surface area contributed by atoms with Crippen LogP contribution in [0.4, 0.5) is 4.39 Å². The molecule has 2 rings (SSSR count). The zero-order valence-corrected chi connectivity index (χ0v) is 12.3. The molecule has 0 aliphatic heterocycles. The van der Waals surface area contributed by atoms with Gasteiger partial charge >= 0.3 is 0 Å². The van der Waals surface area contributed by atoms with Gasteiger partial charge in [-0.15, -0.1) is 6.42 Å². The Hall–Kier alpha value is -2.58. The highest BCUT2D eigenvalue weighted by atomic mass is 19.1. The number of hydrogen-bond acceptors (Lipinski definition) is 3. The molecule has 22 heavy (non-hydrogen) atoms. The maximum absolute atomic E-state index is 12.9. The highest BCUT2D eigenvalue weighted by Crippen LogP contribution is 2.11. The minimum atomic E-state index is -0.421. The normalized spacial score (nSPS) is 10.6. The molecule has 0 saturated heterocycles. The molecular formula is C17H17FN2O2. The molecule has 0 radical (unpaired) electrons. The Kier molecular flexibility index (Phi) is 4.97. The SMILES string of the molecule is C#CCN(Cc1ccc(F)cc1)Cc1cc(=O)c(O)cn1C. The number of hydrogen-bond donors (Lipinski definition) is 1. The van der Waals surface area contributed by atoms with Gasteiger partial charge < -0.3 is 9.67 Å². The maximum Gasteiger partial charge on any atom is 0.223 e. The minimum absolute atomic E-state index is 0.284. The van der Waals surface area contributed by atoms with E-state index in [-0.39, 0.29) is 11.6 Å². The average molecular weight is 300 g/mol. The lowest BCUT2D eigenvalue weighted by Crippen LogP contribution is -2.25. The molecule has 1 N–H and O–H groups in total. The summed E-state index contributed by atoms with van der Waals surface area (Å²) < 4.78 is 14.6. The van der Waals surface area contributed by atoms with Crippen LogP contribution in [0.3, 0.4) is 0 Å². The number of nitrogens with zero attached hydrogens (tertiary/aromatic N) is 2. The van der Waals surface area contributed by atoms with E-state index in [0.717, 1.165) is 11.3 Å². The Morgan fingerprint density at radius 3 is 2.64 bits per heavy atom. The summed E-state index contributed by atoms with van der Waals surface area (Å²) in [6.45, 7) is 1.39. The van der Waals surface area contributed by atoms with Crippen LogP contribution in [0.25, 0.3) is 0 Å². The predicted molar refractivity (Wildman–Crippen MR) is 82.7 cm³/mol. The summed E-state index contributed by atoms with van der Waals surface area (Å²) in [4.78, 5) is 13.5. The van der Waals surface area contributed by atoms with E-state index >= 15 is 0 Å². The standard InChI is InChI=1S/C17H17FN2O2/c1-3-8-20(10-13-4-6-14(18)7-5-13)11-15-9-16(21)17(22)12-19(15)2/h1,4-7,9,12,22H,8,10-11H2,2H3. The van der Waals surface area contributed by atoms with Gasteiger partial charge in [-0.2, -0.15) is 0 Å². The van der Waals surface area contributed by atoms with Crippen LogP contribution in [0.5, 0.6) is 5.75 Å². The highest BCUT2D eigenvalue weighted by Gasteiger charge is 2.10. The van der Waals surface area contributed by atoms with Crippen molar-refractivity contribution in [3.8, 4) is 18.1 Å². The zero-order valence-electron chi connectivity index (χ0n) is 12.3. The van der Waals surface area contributed by atoms with Crippen LogP contribution in [0.2, 0.25) is 0 Å². The summed E-state index contributed by atoms with van der Waals surface area (Å²) in [5.74, 6) is 2.01. The highest BCUT2D eigenvalue weighted by molar-refractivity contribution is 5.21. The first kappa shape index (κ1) is 15.8. The van der Waals surface area contributed by atoms with Crippen LogP contribution in [-0.2, 0) is 20.1 Å². The van der Waals surface area contributed by atoms with Crippen molar-refractivity contribution in [2.24, 2.45) is 7.05 Å². The molecule has 1 aromatic heterocycles. The van der Waals surface area contributed by atoms with Gasteiger partial charge in [0.2, 0.25) is 5.43 Å². The van der Waals surface area contributed by atoms with E-state index in [2.05, 4.69) is 5.92 Å². The van der Waals surface area contributed by atoms with Gasteiger partial charge in [0.05, 0.1) is 6.54 Å². The van der Waals surface area contributed by atoms with Gasteiger partial charge in [0.15, 0.2) is 5.75 Å². The van der Waals surface area contributed by atoms with E-state index < -0.39 is 5.43 Å². The molecule has 4 nitrogen and oxygen atoms in total. The summed E-state index contributed by atoms with van der Waals surface area (Å²) in [7, 11) is 1.75. The molecule has 2 aromatic rings. The van der Waals surface area contributed by atoms with Gasteiger partial charge in [-0.25, -0.2) is 4.39 Å². The van der Waals surface area contributed by atoms with E-state index in [1.54, 1.807) is 23.7 Å². The van der Waals surface area contributed by atoms with Crippen molar-refractivity contribution in [3.05, 3.63) is 63.8 Å². The maximum atomic E-state index is 12.9. The second-order valence-electron chi connectivity index (χ2n) is 5.10. The second kappa shape index (κ2) is 6.92. The first-order valence-electron chi connectivity index (χ1n) is 6.78. The molecule has 1 heterocycles. The Bertz CT molecular complexity index is 745. The number of rotatable bonds is 5. The van der Waals surface area contributed by atoms with Gasteiger partial charge in [0.1, 0.15) is 5.82 Å². The molecule has 1 aromatic carbocycles. The van der Waals surface area contributed by atoms with Crippen molar-refractivity contribution in [2.45, 2.75) is 13.1 Å². The third kappa shape index (κ3) is 3.96. The first-order valence-corrected chi connectivity index (χ1v) is 6.78. The monoisotopic (exact) mass is 300 g/mol. The van der Waals surface area contributed by atoms with Crippen LogP contribution < -0.4 is 5.43 Å². The van der Waals surface area contributed by atoms with E-state index in [1.807, 2.05) is 4.90 Å². The zero-order chi connectivity index (χ0) is 16.1. The van der Waals surface area contributed by atoms with E-state index in [0.29, 0.717) is 19.6 Å². The molecule has 0 aliphatic rings. The van der Waals surface area contributed by atoms with E-state index in [1.165, 1.54) is 24.4 Å². The lowest BCUT2D eigenvalue weighted by Gasteiger charge is -2.21. The van der Waals surface area contributed by atoms with Crippen LogP contribution in [-0.4, -0.2) is 21.1 Å². The molecule has 0 amide bonds. The lowest BCUT2D eigenvalue weighted by molar-refractivity contribution is 0.282. The topological polar surface area (TPSA) is 45.5 Å². The number of pyridine rings is 1. The van der Waals surface area contributed by atoms with Gasteiger partial charge in [-0.3, -0.25) is 9.69 Å². The van der Waals surface area contributed by atoms with E-state index in [4.69, 9.17) is 6.42 Å².